The van der Waals surface area contributed by atoms with Crippen LogP contribution in [0.4, 0.5) is 0 Å². The van der Waals surface area contributed by atoms with Crippen LogP contribution in [-0.4, -0.2) is 82.6 Å². The largest absolute Gasteiger partial charge is 0.389 e. The molecule has 2 aliphatic heterocycles. The molecule has 0 unspecified atom stereocenters. The summed E-state index contributed by atoms with van der Waals surface area (Å²) in [5.74, 6) is 0. The maximum Gasteiger partial charge on any atom is 0.105 e. The van der Waals surface area contributed by atoms with Gasteiger partial charge in [0.2, 0.25) is 0 Å². The number of aliphatic hydroxyl groups excluding tert-OH is 2. The number of nitrogens with zero attached hydrogens (tertiary/aromatic N) is 2. The highest BCUT2D eigenvalue weighted by Crippen LogP contribution is 2.21. The summed E-state index contributed by atoms with van der Waals surface area (Å²) in [4.78, 5) is 7.96. The number of aromatic nitrogens is 1. The van der Waals surface area contributed by atoms with Crippen LogP contribution in [0.25, 0.3) is 10.9 Å². The molecule has 0 bridgehead atoms. The third-order valence-electron chi connectivity index (χ3n) is 5.32. The van der Waals surface area contributed by atoms with E-state index in [1.807, 2.05) is 6.20 Å². The van der Waals surface area contributed by atoms with Gasteiger partial charge in [0.15, 0.2) is 0 Å². The third kappa shape index (κ3) is 3.08. The first-order valence-electron chi connectivity index (χ1n) is 8.67. The molecule has 2 aliphatic rings. The van der Waals surface area contributed by atoms with Crippen molar-refractivity contribution in [1.29, 1.82) is 0 Å². The van der Waals surface area contributed by atoms with E-state index in [-0.39, 0.29) is 12.6 Å². The molecule has 4 rings (SSSR count). The summed E-state index contributed by atoms with van der Waals surface area (Å²) >= 11 is 0. The average molecular weight is 331 g/mol. The molecule has 0 radical (unpaired) electrons. The Kier molecular flexibility index (Phi) is 4.56. The molecule has 6 nitrogen and oxygen atoms in total. The molecular weight excluding hydrogens is 306 g/mol. The summed E-state index contributed by atoms with van der Waals surface area (Å²) in [7, 11) is 0. The van der Waals surface area contributed by atoms with Gasteiger partial charge in [0, 0.05) is 49.8 Å². The fourth-order valence-electron chi connectivity index (χ4n) is 3.87. The van der Waals surface area contributed by atoms with Crippen molar-refractivity contribution >= 4 is 10.9 Å². The SMILES string of the molecule is O[C@@H]1[C@H](O)COC[C@H]1N1CCN(Cc2cccc3[nH]ccc23)CC1. The van der Waals surface area contributed by atoms with Crippen molar-refractivity contribution in [3.63, 3.8) is 0 Å². The normalized spacial score (nSPS) is 30.0. The van der Waals surface area contributed by atoms with E-state index in [1.54, 1.807) is 0 Å². The van der Waals surface area contributed by atoms with E-state index in [0.717, 1.165) is 32.7 Å². The highest BCUT2D eigenvalue weighted by atomic mass is 16.5. The van der Waals surface area contributed by atoms with E-state index < -0.39 is 12.2 Å². The van der Waals surface area contributed by atoms with Crippen LogP contribution in [0.15, 0.2) is 30.5 Å². The van der Waals surface area contributed by atoms with E-state index in [1.165, 1.54) is 16.5 Å². The standard InChI is InChI=1S/C18H25N3O3/c22-17-12-24-11-16(18(17)23)21-8-6-20(7-9-21)10-13-2-1-3-15-14(13)4-5-19-15/h1-5,16-19,22-23H,6-12H2/t16-,17-,18+/m1/s1. The summed E-state index contributed by atoms with van der Waals surface area (Å²) in [5, 5.41) is 21.3. The van der Waals surface area contributed by atoms with Crippen LogP contribution in [0, 0.1) is 0 Å². The molecule has 0 spiro atoms. The minimum absolute atomic E-state index is 0.0935. The summed E-state index contributed by atoms with van der Waals surface area (Å²) in [6, 6.07) is 8.44. The Labute approximate surface area is 141 Å². The molecule has 6 heteroatoms. The second-order valence-electron chi connectivity index (χ2n) is 6.83. The Morgan fingerprint density at radius 2 is 1.92 bits per heavy atom. The zero-order chi connectivity index (χ0) is 16.5. The number of aliphatic hydroxyl groups is 2. The Morgan fingerprint density at radius 1 is 1.08 bits per heavy atom. The number of benzene rings is 1. The van der Waals surface area contributed by atoms with Gasteiger partial charge < -0.3 is 19.9 Å². The number of H-pyrrole nitrogens is 1. The Bertz CT molecular complexity index is 681. The van der Waals surface area contributed by atoms with Crippen LogP contribution in [-0.2, 0) is 11.3 Å². The molecule has 2 fully saturated rings. The second-order valence-corrected chi connectivity index (χ2v) is 6.83. The first-order valence-corrected chi connectivity index (χ1v) is 8.67. The molecule has 0 aliphatic carbocycles. The van der Waals surface area contributed by atoms with E-state index in [4.69, 9.17) is 4.74 Å². The maximum atomic E-state index is 10.2. The van der Waals surface area contributed by atoms with E-state index >= 15 is 0 Å². The summed E-state index contributed by atoms with van der Waals surface area (Å²) in [6.45, 7) is 5.37. The molecule has 130 valence electrons. The van der Waals surface area contributed by atoms with Crippen molar-refractivity contribution in [3.05, 3.63) is 36.0 Å². The number of rotatable bonds is 3. The summed E-state index contributed by atoms with van der Waals surface area (Å²) < 4.78 is 5.41. The van der Waals surface area contributed by atoms with E-state index in [0.29, 0.717) is 6.61 Å². The summed E-state index contributed by atoms with van der Waals surface area (Å²) in [6.07, 6.45) is 0.508. The fraction of sp³-hybridized carbons (Fsp3) is 0.556. The van der Waals surface area contributed by atoms with Crippen LogP contribution in [0.1, 0.15) is 5.56 Å². The number of nitrogens with one attached hydrogen (secondary N) is 1. The predicted molar refractivity (Wildman–Crippen MR) is 91.8 cm³/mol. The van der Waals surface area contributed by atoms with Gasteiger partial charge in [-0.25, -0.2) is 0 Å². The monoisotopic (exact) mass is 331 g/mol. The van der Waals surface area contributed by atoms with E-state index in [2.05, 4.69) is 39.0 Å². The second kappa shape index (κ2) is 6.82. The van der Waals surface area contributed by atoms with Gasteiger partial charge in [-0.05, 0) is 17.7 Å². The first kappa shape index (κ1) is 16.1. The number of hydrogen-bond donors (Lipinski definition) is 3. The smallest absolute Gasteiger partial charge is 0.105 e. The van der Waals surface area contributed by atoms with Crippen molar-refractivity contribution < 1.29 is 14.9 Å². The van der Waals surface area contributed by atoms with E-state index in [9.17, 15) is 10.2 Å². The van der Waals surface area contributed by atoms with Gasteiger partial charge >= 0.3 is 0 Å². The fourth-order valence-corrected chi connectivity index (χ4v) is 3.87. The maximum absolute atomic E-state index is 10.2. The predicted octanol–water partition coefficient (Wildman–Crippen LogP) is 0.406. The molecule has 2 aromatic rings. The van der Waals surface area contributed by atoms with Gasteiger partial charge in [0.1, 0.15) is 6.10 Å². The van der Waals surface area contributed by atoms with Crippen molar-refractivity contribution in [3.8, 4) is 0 Å². The molecule has 2 saturated heterocycles. The zero-order valence-electron chi connectivity index (χ0n) is 13.8. The average Bonchev–Trinajstić information content (AvgIpc) is 3.08. The molecule has 0 amide bonds. The molecule has 1 aromatic carbocycles. The molecule has 3 heterocycles. The molecule has 0 saturated carbocycles. The van der Waals surface area contributed by atoms with Gasteiger partial charge in [-0.3, -0.25) is 9.80 Å². The van der Waals surface area contributed by atoms with Crippen molar-refractivity contribution in [2.45, 2.75) is 24.8 Å². The van der Waals surface area contributed by atoms with Gasteiger partial charge in [-0.2, -0.15) is 0 Å². The van der Waals surface area contributed by atoms with Gasteiger partial charge in [0.05, 0.1) is 25.4 Å². The highest BCUT2D eigenvalue weighted by Gasteiger charge is 2.36. The minimum Gasteiger partial charge on any atom is -0.389 e. The van der Waals surface area contributed by atoms with Crippen LogP contribution in [0.2, 0.25) is 0 Å². The van der Waals surface area contributed by atoms with Crippen LogP contribution >= 0.6 is 0 Å². The van der Waals surface area contributed by atoms with Crippen LogP contribution in [0.3, 0.4) is 0 Å². The number of ether oxygens (including phenoxy) is 1. The lowest BCUT2D eigenvalue weighted by atomic mass is 10.0. The lowest BCUT2D eigenvalue weighted by molar-refractivity contribution is -0.137. The topological polar surface area (TPSA) is 72.0 Å². The summed E-state index contributed by atoms with van der Waals surface area (Å²) in [5.41, 5.74) is 2.53. The van der Waals surface area contributed by atoms with Gasteiger partial charge in [0.25, 0.3) is 0 Å². The lowest BCUT2D eigenvalue weighted by Crippen LogP contribution is -2.60. The first-order chi connectivity index (χ1) is 11.7. The zero-order valence-corrected chi connectivity index (χ0v) is 13.8. The Balaban J connectivity index is 1.37. The molecular formula is C18H25N3O3. The highest BCUT2D eigenvalue weighted by molar-refractivity contribution is 5.82. The molecule has 1 aromatic heterocycles. The molecule has 24 heavy (non-hydrogen) atoms. The number of piperazine rings is 1. The minimum atomic E-state index is -0.770. The van der Waals surface area contributed by atoms with Crippen molar-refractivity contribution in [2.24, 2.45) is 0 Å². The Hall–Kier alpha value is -1.44. The lowest BCUT2D eigenvalue weighted by Gasteiger charge is -2.43. The number of aromatic amines is 1. The van der Waals surface area contributed by atoms with Crippen molar-refractivity contribution in [1.82, 2.24) is 14.8 Å². The third-order valence-corrected chi connectivity index (χ3v) is 5.32. The van der Waals surface area contributed by atoms with Gasteiger partial charge in [-0.15, -0.1) is 0 Å². The number of fused-ring (bicyclic) bond motifs is 1. The van der Waals surface area contributed by atoms with Crippen molar-refractivity contribution in [2.75, 3.05) is 39.4 Å². The van der Waals surface area contributed by atoms with Crippen LogP contribution in [0.5, 0.6) is 0 Å². The number of hydrogen-bond acceptors (Lipinski definition) is 5. The molecule has 3 atom stereocenters. The quantitative estimate of drug-likeness (QED) is 0.760. The van der Waals surface area contributed by atoms with Gasteiger partial charge in [-0.1, -0.05) is 12.1 Å². The Morgan fingerprint density at radius 3 is 2.75 bits per heavy atom. The van der Waals surface area contributed by atoms with Crippen LogP contribution < -0.4 is 0 Å². The molecule has 3 N–H and O–H groups in total.